The topological polar surface area (TPSA) is 64.0 Å². The van der Waals surface area contributed by atoms with Crippen molar-refractivity contribution in [2.45, 2.75) is 12.9 Å². The van der Waals surface area contributed by atoms with Gasteiger partial charge in [-0.2, -0.15) is 0 Å². The molecule has 0 aliphatic heterocycles. The summed E-state index contributed by atoms with van der Waals surface area (Å²) in [5.41, 5.74) is 3.31. The molecule has 0 radical (unpaired) electrons. The summed E-state index contributed by atoms with van der Waals surface area (Å²) in [5, 5.41) is 6.19. The van der Waals surface area contributed by atoms with Crippen molar-refractivity contribution < 1.29 is 17.9 Å². The van der Waals surface area contributed by atoms with E-state index in [4.69, 9.17) is 0 Å². The number of hydrogen-bond donors (Lipinski definition) is 2. The van der Waals surface area contributed by atoms with Crippen molar-refractivity contribution in [2.24, 2.45) is 0 Å². The van der Waals surface area contributed by atoms with Crippen LogP contribution in [0, 0.1) is 0 Å². The van der Waals surface area contributed by atoms with Crippen molar-refractivity contribution in [3.63, 3.8) is 0 Å². The fourth-order valence-corrected chi connectivity index (χ4v) is 3.10. The first kappa shape index (κ1) is 19.6. The van der Waals surface area contributed by atoms with Gasteiger partial charge in [-0.15, -0.1) is 13.2 Å². The third kappa shape index (κ3) is 4.45. The predicted molar refractivity (Wildman–Crippen MR) is 109 cm³/mol. The van der Waals surface area contributed by atoms with E-state index in [-0.39, 0.29) is 5.75 Å². The van der Waals surface area contributed by atoms with Gasteiger partial charge < -0.3 is 19.9 Å². The van der Waals surface area contributed by atoms with Gasteiger partial charge in [0.2, 0.25) is 5.95 Å². The molecule has 4 rings (SSSR count). The number of pyridine rings is 1. The molecule has 9 heteroatoms. The lowest BCUT2D eigenvalue weighted by Gasteiger charge is -2.11. The van der Waals surface area contributed by atoms with Crippen molar-refractivity contribution in [1.29, 1.82) is 0 Å². The van der Waals surface area contributed by atoms with Crippen LogP contribution < -0.4 is 15.4 Å². The number of nitrogens with zero attached hydrogens (tertiary/aromatic N) is 3. The number of halogens is 3. The van der Waals surface area contributed by atoms with Crippen LogP contribution in [0.25, 0.3) is 11.0 Å². The van der Waals surface area contributed by atoms with E-state index < -0.39 is 6.36 Å². The highest BCUT2D eigenvalue weighted by Crippen LogP contribution is 2.27. The van der Waals surface area contributed by atoms with Crippen LogP contribution in [-0.4, -0.2) is 27.9 Å². The number of anilines is 3. The zero-order valence-corrected chi connectivity index (χ0v) is 15.9. The van der Waals surface area contributed by atoms with Gasteiger partial charge in [0.25, 0.3) is 0 Å². The van der Waals surface area contributed by atoms with Gasteiger partial charge in [-0.05, 0) is 29.8 Å². The Labute approximate surface area is 170 Å². The minimum Gasteiger partial charge on any atom is -0.406 e. The third-order valence-corrected chi connectivity index (χ3v) is 4.40. The summed E-state index contributed by atoms with van der Waals surface area (Å²) in [6.45, 7) is 0.625. The molecule has 0 aliphatic rings. The molecule has 0 unspecified atom stereocenters. The fraction of sp³-hybridized carbons (Fsp3) is 0.143. The van der Waals surface area contributed by atoms with Crippen molar-refractivity contribution in [1.82, 2.24) is 14.5 Å². The average Bonchev–Trinajstić information content (AvgIpc) is 3.06. The van der Waals surface area contributed by atoms with Gasteiger partial charge in [-0.25, -0.2) is 9.97 Å². The Morgan fingerprint density at radius 1 is 1.03 bits per heavy atom. The second-order valence-electron chi connectivity index (χ2n) is 6.51. The summed E-state index contributed by atoms with van der Waals surface area (Å²) in [4.78, 5) is 8.91. The molecule has 0 aliphatic carbocycles. The van der Waals surface area contributed by atoms with Crippen LogP contribution in [0.3, 0.4) is 0 Å². The number of imidazole rings is 1. The summed E-state index contributed by atoms with van der Waals surface area (Å²) >= 11 is 0. The highest BCUT2D eigenvalue weighted by Gasteiger charge is 2.30. The quantitative estimate of drug-likeness (QED) is 0.457. The van der Waals surface area contributed by atoms with E-state index in [9.17, 15) is 13.2 Å². The van der Waals surface area contributed by atoms with Gasteiger partial charge in [0.05, 0.1) is 18.3 Å². The molecule has 0 amide bonds. The minimum absolute atomic E-state index is 0.281. The molecule has 0 saturated carbocycles. The highest BCUT2D eigenvalue weighted by molar-refractivity contribution is 5.81. The lowest BCUT2D eigenvalue weighted by Crippen LogP contribution is -2.16. The molecule has 2 aromatic heterocycles. The molecule has 0 spiro atoms. The van der Waals surface area contributed by atoms with Crippen LogP contribution in [0.15, 0.2) is 66.9 Å². The van der Waals surface area contributed by atoms with Gasteiger partial charge in [0, 0.05) is 18.8 Å². The van der Waals surface area contributed by atoms with E-state index in [1.165, 1.54) is 24.3 Å². The minimum atomic E-state index is -4.72. The normalized spacial score (nSPS) is 11.5. The maximum atomic E-state index is 12.3. The zero-order chi connectivity index (χ0) is 21.1. The van der Waals surface area contributed by atoms with Gasteiger partial charge in [0.1, 0.15) is 17.1 Å². The summed E-state index contributed by atoms with van der Waals surface area (Å²) in [6.07, 6.45) is -3.06. The Balaban J connectivity index is 1.60. The van der Waals surface area contributed by atoms with Gasteiger partial charge in [0.15, 0.2) is 0 Å². The first-order valence-corrected chi connectivity index (χ1v) is 9.12. The monoisotopic (exact) mass is 413 g/mol. The molecular weight excluding hydrogens is 395 g/mol. The standard InChI is InChI=1S/C21H18F3N5O/c1-25-20-28-17-12-26-19(11-18(17)29(20)13-14-5-3-2-4-6-14)27-15-7-9-16(10-8-15)30-21(22,23)24/h2-12H,13H2,1H3,(H,25,28)(H,26,27). The van der Waals surface area contributed by atoms with Crippen LogP contribution in [0.5, 0.6) is 5.75 Å². The highest BCUT2D eigenvalue weighted by atomic mass is 19.4. The van der Waals surface area contributed by atoms with Crippen molar-refractivity contribution in [3.05, 3.63) is 72.4 Å². The first-order valence-electron chi connectivity index (χ1n) is 9.12. The van der Waals surface area contributed by atoms with E-state index >= 15 is 0 Å². The maximum absolute atomic E-state index is 12.3. The largest absolute Gasteiger partial charge is 0.573 e. The number of ether oxygens (including phenoxy) is 1. The zero-order valence-electron chi connectivity index (χ0n) is 15.9. The number of rotatable bonds is 6. The molecular formula is C21H18F3N5O. The third-order valence-electron chi connectivity index (χ3n) is 4.40. The number of benzene rings is 2. The number of alkyl halides is 3. The van der Waals surface area contributed by atoms with Crippen molar-refractivity contribution in [3.8, 4) is 5.75 Å². The molecule has 0 saturated heterocycles. The number of aromatic nitrogens is 3. The van der Waals surface area contributed by atoms with E-state index in [1.54, 1.807) is 13.2 Å². The smallest absolute Gasteiger partial charge is 0.406 e. The lowest BCUT2D eigenvalue weighted by atomic mass is 10.2. The SMILES string of the molecule is CNc1nc2cnc(Nc3ccc(OC(F)(F)F)cc3)cc2n1Cc1ccccc1. The summed E-state index contributed by atoms with van der Waals surface area (Å²) < 4.78 is 42.8. The second kappa shape index (κ2) is 7.94. The van der Waals surface area contributed by atoms with Gasteiger partial charge in [-0.3, -0.25) is 0 Å². The lowest BCUT2D eigenvalue weighted by molar-refractivity contribution is -0.274. The van der Waals surface area contributed by atoms with Crippen molar-refractivity contribution >= 4 is 28.5 Å². The molecule has 0 bridgehead atoms. The van der Waals surface area contributed by atoms with E-state index in [1.807, 2.05) is 41.0 Å². The van der Waals surface area contributed by atoms with E-state index in [0.29, 0.717) is 24.0 Å². The number of fused-ring (bicyclic) bond motifs is 1. The Kier molecular flexibility index (Phi) is 5.18. The molecule has 0 fully saturated rings. The molecule has 0 atom stereocenters. The molecule has 6 nitrogen and oxygen atoms in total. The van der Waals surface area contributed by atoms with Gasteiger partial charge in [-0.1, -0.05) is 30.3 Å². The average molecular weight is 413 g/mol. The Morgan fingerprint density at radius 2 is 1.77 bits per heavy atom. The number of nitrogens with one attached hydrogen (secondary N) is 2. The van der Waals surface area contributed by atoms with E-state index in [2.05, 4.69) is 25.3 Å². The van der Waals surface area contributed by atoms with Gasteiger partial charge >= 0.3 is 6.36 Å². The van der Waals surface area contributed by atoms with Crippen LogP contribution in [0.4, 0.5) is 30.6 Å². The van der Waals surface area contributed by atoms with Crippen LogP contribution in [-0.2, 0) is 6.54 Å². The Bertz CT molecular complexity index is 1140. The van der Waals surface area contributed by atoms with Crippen LogP contribution >= 0.6 is 0 Å². The maximum Gasteiger partial charge on any atom is 0.573 e. The second-order valence-corrected chi connectivity index (χ2v) is 6.51. The van der Waals surface area contributed by atoms with E-state index in [0.717, 1.165) is 16.6 Å². The Morgan fingerprint density at radius 3 is 2.43 bits per heavy atom. The summed E-state index contributed by atoms with van der Waals surface area (Å²) in [7, 11) is 1.81. The van der Waals surface area contributed by atoms with Crippen LogP contribution in [0.1, 0.15) is 5.56 Å². The summed E-state index contributed by atoms with van der Waals surface area (Å²) in [6, 6.07) is 17.3. The van der Waals surface area contributed by atoms with Crippen LogP contribution in [0.2, 0.25) is 0 Å². The molecule has 2 heterocycles. The first-order chi connectivity index (χ1) is 14.4. The predicted octanol–water partition coefficient (Wildman–Crippen LogP) is 5.16. The number of hydrogen-bond acceptors (Lipinski definition) is 5. The molecule has 4 aromatic rings. The molecule has 2 aromatic carbocycles. The fourth-order valence-electron chi connectivity index (χ4n) is 3.10. The molecule has 154 valence electrons. The van der Waals surface area contributed by atoms with Crippen molar-refractivity contribution in [2.75, 3.05) is 17.7 Å². The molecule has 2 N–H and O–H groups in total. The Hall–Kier alpha value is -3.75. The summed E-state index contributed by atoms with van der Waals surface area (Å²) in [5.74, 6) is 0.973. The molecule has 30 heavy (non-hydrogen) atoms.